The summed E-state index contributed by atoms with van der Waals surface area (Å²) in [5.74, 6) is 0.469. The third-order valence-electron chi connectivity index (χ3n) is 2.12. The molecule has 0 unspecified atom stereocenters. The summed E-state index contributed by atoms with van der Waals surface area (Å²) >= 11 is 0. The second-order valence-electron chi connectivity index (χ2n) is 3.45. The van der Waals surface area contributed by atoms with Gasteiger partial charge in [-0.05, 0) is 12.8 Å². The van der Waals surface area contributed by atoms with Gasteiger partial charge in [0.25, 0.3) is 0 Å². The smallest absolute Gasteiger partial charge is 0.132 e. The van der Waals surface area contributed by atoms with Crippen molar-refractivity contribution in [2.24, 2.45) is 0 Å². The molecule has 13 heavy (non-hydrogen) atoms. The average molecular weight is 204 g/mol. The summed E-state index contributed by atoms with van der Waals surface area (Å²) in [6.45, 7) is 4.34. The summed E-state index contributed by atoms with van der Waals surface area (Å²) in [5, 5.41) is 0. The fourth-order valence-electron chi connectivity index (χ4n) is 1.27. The fourth-order valence-corrected chi connectivity index (χ4v) is 1.27. The van der Waals surface area contributed by atoms with Gasteiger partial charge in [0, 0.05) is 12.8 Å². The van der Waals surface area contributed by atoms with E-state index >= 15 is 0 Å². The number of unbranched alkanes of at least 4 members (excludes halogenated alkanes) is 4. The normalized spacial score (nSPS) is 9.38. The number of rotatable bonds is 8. The molecule has 0 heterocycles. The summed E-state index contributed by atoms with van der Waals surface area (Å²) < 4.78 is 0. The van der Waals surface area contributed by atoms with Crippen LogP contribution in [0.5, 0.6) is 0 Å². The van der Waals surface area contributed by atoms with Crippen molar-refractivity contribution in [3.63, 3.8) is 0 Å². The third-order valence-corrected chi connectivity index (χ3v) is 2.12. The summed E-state index contributed by atoms with van der Waals surface area (Å²) in [6.07, 6.45) is 8.67. The highest BCUT2D eigenvalue weighted by atomic mass is 32.1. The Labute approximate surface area is 89.7 Å². The molecule has 80 valence electrons. The van der Waals surface area contributed by atoms with Gasteiger partial charge in [0.05, 0.1) is 0 Å². The Morgan fingerprint density at radius 2 is 1.23 bits per heavy atom. The van der Waals surface area contributed by atoms with E-state index in [4.69, 9.17) is 0 Å². The van der Waals surface area contributed by atoms with Crippen molar-refractivity contribution in [2.75, 3.05) is 0 Å². The van der Waals surface area contributed by atoms with Gasteiger partial charge in [-0.15, -0.1) is 0 Å². The molecule has 1 nitrogen and oxygen atoms in total. The van der Waals surface area contributed by atoms with E-state index in [1.807, 2.05) is 0 Å². The number of hydrogen-bond donors (Lipinski definition) is 0. The van der Waals surface area contributed by atoms with Crippen molar-refractivity contribution < 1.29 is 4.79 Å². The lowest BCUT2D eigenvalue weighted by Gasteiger charge is -1.98. The summed E-state index contributed by atoms with van der Waals surface area (Å²) in [4.78, 5) is 11.2. The Morgan fingerprint density at radius 1 is 0.846 bits per heavy atom. The first kappa shape index (κ1) is 15.5. The van der Waals surface area contributed by atoms with Crippen molar-refractivity contribution in [3.05, 3.63) is 0 Å². The van der Waals surface area contributed by atoms with Crippen LogP contribution in [0.2, 0.25) is 0 Å². The van der Waals surface area contributed by atoms with Crippen LogP contribution < -0.4 is 0 Å². The number of hydrogen-bond acceptors (Lipinski definition) is 1. The molecule has 0 radical (unpaired) electrons. The Morgan fingerprint density at radius 3 is 1.54 bits per heavy atom. The maximum absolute atomic E-state index is 11.2. The lowest BCUT2D eigenvalue weighted by Crippen LogP contribution is -1.96. The van der Waals surface area contributed by atoms with Gasteiger partial charge in [-0.25, -0.2) is 0 Å². The molecule has 0 rings (SSSR count). The van der Waals surface area contributed by atoms with Crippen LogP contribution in [0.1, 0.15) is 65.2 Å². The van der Waals surface area contributed by atoms with E-state index in [0.29, 0.717) is 5.78 Å². The molecule has 0 amide bonds. The molecule has 0 N–H and O–H groups in total. The zero-order valence-electron chi connectivity index (χ0n) is 9.07. The largest absolute Gasteiger partial charge is 0.300 e. The molecule has 2 heteroatoms. The number of ketones is 1. The molecule has 0 aliphatic heterocycles. The second kappa shape index (κ2) is 12.0. The van der Waals surface area contributed by atoms with Crippen LogP contribution in [0.15, 0.2) is 0 Å². The summed E-state index contributed by atoms with van der Waals surface area (Å²) in [7, 11) is 0. The predicted molar refractivity (Wildman–Crippen MR) is 63.7 cm³/mol. The van der Waals surface area contributed by atoms with Crippen LogP contribution in [0.3, 0.4) is 0 Å². The van der Waals surface area contributed by atoms with Gasteiger partial charge in [0.2, 0.25) is 0 Å². The zero-order valence-corrected chi connectivity index (χ0v) is 10.1. The third kappa shape index (κ3) is 12.0. The van der Waals surface area contributed by atoms with E-state index in [0.717, 1.165) is 25.7 Å². The van der Waals surface area contributed by atoms with Crippen LogP contribution in [0, 0.1) is 0 Å². The lowest BCUT2D eigenvalue weighted by atomic mass is 10.1. The minimum Gasteiger partial charge on any atom is -0.300 e. The van der Waals surface area contributed by atoms with Crippen molar-refractivity contribution in [3.8, 4) is 0 Å². The topological polar surface area (TPSA) is 17.1 Å². The van der Waals surface area contributed by atoms with E-state index in [1.165, 1.54) is 25.7 Å². The molecule has 0 spiro atoms. The van der Waals surface area contributed by atoms with Crippen LogP contribution in [0.4, 0.5) is 0 Å². The molecule has 0 aromatic carbocycles. The quantitative estimate of drug-likeness (QED) is 0.549. The van der Waals surface area contributed by atoms with E-state index in [1.54, 1.807) is 0 Å². The van der Waals surface area contributed by atoms with Gasteiger partial charge in [-0.2, -0.15) is 13.5 Å². The minimum atomic E-state index is 0. The molecular formula is C11H24OS. The predicted octanol–water partition coefficient (Wildman–Crippen LogP) is 3.83. The average Bonchev–Trinajstić information content (AvgIpc) is 2.06. The minimum absolute atomic E-state index is 0. The summed E-state index contributed by atoms with van der Waals surface area (Å²) in [6, 6.07) is 0. The lowest BCUT2D eigenvalue weighted by molar-refractivity contribution is -0.119. The van der Waals surface area contributed by atoms with Crippen LogP contribution >= 0.6 is 13.5 Å². The highest BCUT2D eigenvalue weighted by Gasteiger charge is 1.99. The van der Waals surface area contributed by atoms with E-state index in [-0.39, 0.29) is 13.5 Å². The van der Waals surface area contributed by atoms with Crippen molar-refractivity contribution in [2.45, 2.75) is 65.2 Å². The van der Waals surface area contributed by atoms with Crippen molar-refractivity contribution >= 4 is 19.3 Å². The fraction of sp³-hybridized carbons (Fsp3) is 0.909. The Balaban J connectivity index is 0. The molecule has 0 atom stereocenters. The zero-order chi connectivity index (χ0) is 9.23. The number of carbonyl (C=O) groups excluding carboxylic acids is 1. The molecule has 0 bridgehead atoms. The molecule has 0 aliphatic carbocycles. The highest BCUT2D eigenvalue weighted by Crippen LogP contribution is 2.05. The Kier molecular flexibility index (Phi) is 14.3. The highest BCUT2D eigenvalue weighted by molar-refractivity contribution is 7.59. The maximum Gasteiger partial charge on any atom is 0.132 e. The molecule has 0 aromatic heterocycles. The molecule has 0 saturated carbocycles. The van der Waals surface area contributed by atoms with E-state index in [2.05, 4.69) is 13.8 Å². The van der Waals surface area contributed by atoms with Gasteiger partial charge in [-0.3, -0.25) is 4.79 Å². The van der Waals surface area contributed by atoms with Crippen LogP contribution in [-0.4, -0.2) is 5.78 Å². The molecule has 0 fully saturated rings. The molecule has 0 aromatic rings. The first-order chi connectivity index (χ1) is 5.81. The van der Waals surface area contributed by atoms with E-state index in [9.17, 15) is 4.79 Å². The van der Waals surface area contributed by atoms with Crippen molar-refractivity contribution in [1.29, 1.82) is 0 Å². The molecular weight excluding hydrogens is 180 g/mol. The molecule has 0 aliphatic rings. The first-order valence-electron chi connectivity index (χ1n) is 5.33. The van der Waals surface area contributed by atoms with Crippen LogP contribution in [-0.2, 0) is 4.79 Å². The Bertz CT molecular complexity index is 101. The van der Waals surface area contributed by atoms with Gasteiger partial charge < -0.3 is 0 Å². The van der Waals surface area contributed by atoms with Gasteiger partial charge in [0.1, 0.15) is 5.78 Å². The van der Waals surface area contributed by atoms with Gasteiger partial charge in [0.15, 0.2) is 0 Å². The summed E-state index contributed by atoms with van der Waals surface area (Å²) in [5.41, 5.74) is 0. The standard InChI is InChI=1S/C11H22O.H2S/c1-3-5-7-9-11(12)10-8-6-4-2;/h3-10H2,1-2H3;1H2. The number of carbonyl (C=O) groups is 1. The Hall–Kier alpha value is 0.0200. The van der Waals surface area contributed by atoms with Gasteiger partial charge in [-0.1, -0.05) is 39.5 Å². The molecule has 0 saturated heterocycles. The maximum atomic E-state index is 11.2. The van der Waals surface area contributed by atoms with E-state index < -0.39 is 0 Å². The van der Waals surface area contributed by atoms with Crippen LogP contribution in [0.25, 0.3) is 0 Å². The first-order valence-corrected chi connectivity index (χ1v) is 5.33. The monoisotopic (exact) mass is 204 g/mol. The second-order valence-corrected chi connectivity index (χ2v) is 3.45. The SMILES string of the molecule is CCCCCC(=O)CCCCC.S. The van der Waals surface area contributed by atoms with Gasteiger partial charge >= 0.3 is 0 Å². The number of Topliss-reactive ketones (excluding diaryl/α,β-unsaturated/α-hetero) is 1. The van der Waals surface area contributed by atoms with Crippen molar-refractivity contribution in [1.82, 2.24) is 0 Å².